The predicted octanol–water partition coefficient (Wildman–Crippen LogP) is 2.07. The number of hydrogen-bond acceptors (Lipinski definition) is 4. The highest BCUT2D eigenvalue weighted by atomic mass is 32.2. The number of hydrogen-bond donors (Lipinski definition) is 2. The van der Waals surface area contributed by atoms with Gasteiger partial charge in [0.2, 0.25) is 10.0 Å². The van der Waals surface area contributed by atoms with Crippen LogP contribution in [0.5, 0.6) is 0 Å². The number of nitrogens with zero attached hydrogens (tertiary/aromatic N) is 1. The summed E-state index contributed by atoms with van der Waals surface area (Å²) in [5.74, 6) is -1.18. The van der Waals surface area contributed by atoms with E-state index in [0.717, 1.165) is 5.56 Å². The molecule has 0 aliphatic carbocycles. The van der Waals surface area contributed by atoms with Gasteiger partial charge < -0.3 is 5.11 Å². The number of carboxylic acids is 1. The molecule has 22 heavy (non-hydrogen) atoms. The number of sulfonamides is 1. The quantitative estimate of drug-likeness (QED) is 0.848. The highest BCUT2D eigenvalue weighted by molar-refractivity contribution is 7.89. The maximum atomic E-state index is 12.5. The van der Waals surface area contributed by atoms with E-state index in [-0.39, 0.29) is 11.3 Å². The van der Waals surface area contributed by atoms with E-state index in [1.165, 1.54) is 6.07 Å². The Labute approximate surface area is 129 Å². The van der Waals surface area contributed by atoms with Gasteiger partial charge in [0.1, 0.15) is 6.04 Å². The van der Waals surface area contributed by atoms with Gasteiger partial charge in [-0.25, -0.2) is 8.42 Å². The summed E-state index contributed by atoms with van der Waals surface area (Å²) < 4.78 is 27.4. The van der Waals surface area contributed by atoms with Crippen LogP contribution in [0, 0.1) is 6.92 Å². The number of rotatable bonds is 6. The summed E-state index contributed by atoms with van der Waals surface area (Å²) in [6.45, 7) is 3.64. The second-order valence-corrected chi connectivity index (χ2v) is 6.76. The molecule has 1 aromatic heterocycles. The molecule has 0 bridgehead atoms. The average Bonchev–Trinajstić information content (AvgIpc) is 2.47. The number of benzene rings is 1. The van der Waals surface area contributed by atoms with E-state index in [9.17, 15) is 13.2 Å². The summed E-state index contributed by atoms with van der Waals surface area (Å²) >= 11 is 0. The van der Waals surface area contributed by atoms with Gasteiger partial charge in [-0.2, -0.15) is 4.72 Å². The highest BCUT2D eigenvalue weighted by Crippen LogP contribution is 2.24. The molecule has 0 saturated heterocycles. The fraction of sp³-hybridized carbons (Fsp3) is 0.333. The number of aryl methyl sites for hydroxylation is 1. The van der Waals surface area contributed by atoms with Crippen LogP contribution < -0.4 is 4.72 Å². The maximum absolute atomic E-state index is 12.5. The van der Waals surface area contributed by atoms with E-state index in [1.54, 1.807) is 31.3 Å². The molecule has 1 unspecified atom stereocenters. The Hall–Kier alpha value is -1.99. The Kier molecular flexibility index (Phi) is 4.77. The minimum absolute atomic E-state index is 0.0450. The van der Waals surface area contributed by atoms with Gasteiger partial charge in [0.25, 0.3) is 0 Å². The van der Waals surface area contributed by atoms with Crippen molar-refractivity contribution in [1.82, 2.24) is 9.71 Å². The van der Waals surface area contributed by atoms with E-state index in [0.29, 0.717) is 17.3 Å². The summed E-state index contributed by atoms with van der Waals surface area (Å²) in [4.78, 5) is 15.4. The third kappa shape index (κ3) is 3.26. The first-order valence-corrected chi connectivity index (χ1v) is 8.44. The monoisotopic (exact) mass is 322 g/mol. The Morgan fingerprint density at radius 3 is 2.73 bits per heavy atom. The largest absolute Gasteiger partial charge is 0.480 e. The van der Waals surface area contributed by atoms with Gasteiger partial charge in [-0.15, -0.1) is 0 Å². The standard InChI is InChI=1S/C15H18N2O4S/c1-3-5-12(15(18)19)17-22(20,21)13-8-7-10(2)14-11(13)6-4-9-16-14/h4,6-9,12,17H,3,5H2,1-2H3,(H,18,19). The number of fused-ring (bicyclic) bond motifs is 1. The number of aromatic nitrogens is 1. The van der Waals surface area contributed by atoms with Crippen LogP contribution >= 0.6 is 0 Å². The molecular formula is C15H18N2O4S. The number of carboxylic acid groups (broad SMARTS) is 1. The van der Waals surface area contributed by atoms with Gasteiger partial charge >= 0.3 is 5.97 Å². The minimum atomic E-state index is -3.94. The predicted molar refractivity (Wildman–Crippen MR) is 83.1 cm³/mol. The number of carbonyl (C=O) groups is 1. The molecule has 0 fully saturated rings. The van der Waals surface area contributed by atoms with Crippen LogP contribution in [0.4, 0.5) is 0 Å². The van der Waals surface area contributed by atoms with Crippen LogP contribution in [-0.2, 0) is 14.8 Å². The van der Waals surface area contributed by atoms with Crippen LogP contribution in [-0.4, -0.2) is 30.5 Å². The Morgan fingerprint density at radius 1 is 1.36 bits per heavy atom. The molecule has 0 aliphatic heterocycles. The van der Waals surface area contributed by atoms with E-state index < -0.39 is 22.0 Å². The Bertz CT molecular complexity index is 802. The van der Waals surface area contributed by atoms with Crippen LogP contribution in [0.25, 0.3) is 10.9 Å². The van der Waals surface area contributed by atoms with Gasteiger partial charge in [0.15, 0.2) is 0 Å². The third-order valence-corrected chi connectivity index (χ3v) is 4.92. The number of aliphatic carboxylic acids is 1. The van der Waals surface area contributed by atoms with E-state index >= 15 is 0 Å². The van der Waals surface area contributed by atoms with Crippen molar-refractivity contribution < 1.29 is 18.3 Å². The van der Waals surface area contributed by atoms with Crippen LogP contribution in [0.1, 0.15) is 25.3 Å². The zero-order valence-electron chi connectivity index (χ0n) is 12.4. The first-order chi connectivity index (χ1) is 10.4. The molecule has 2 rings (SSSR count). The molecule has 1 heterocycles. The molecule has 1 aromatic carbocycles. The lowest BCUT2D eigenvalue weighted by atomic mass is 10.1. The number of pyridine rings is 1. The first kappa shape index (κ1) is 16.4. The smallest absolute Gasteiger partial charge is 0.321 e. The van der Waals surface area contributed by atoms with Crippen molar-refractivity contribution in [1.29, 1.82) is 0 Å². The summed E-state index contributed by atoms with van der Waals surface area (Å²) in [7, 11) is -3.94. The topological polar surface area (TPSA) is 96.4 Å². The summed E-state index contributed by atoms with van der Waals surface area (Å²) in [5, 5.41) is 9.61. The second-order valence-electron chi connectivity index (χ2n) is 5.08. The molecule has 2 N–H and O–H groups in total. The minimum Gasteiger partial charge on any atom is -0.480 e. The van der Waals surface area contributed by atoms with Crippen molar-refractivity contribution in [3.63, 3.8) is 0 Å². The van der Waals surface area contributed by atoms with Crippen molar-refractivity contribution in [2.45, 2.75) is 37.6 Å². The highest BCUT2D eigenvalue weighted by Gasteiger charge is 2.26. The molecule has 7 heteroatoms. The lowest BCUT2D eigenvalue weighted by molar-refractivity contribution is -0.139. The van der Waals surface area contributed by atoms with E-state index in [1.807, 2.05) is 6.92 Å². The summed E-state index contributed by atoms with van der Waals surface area (Å²) in [6, 6.07) is 5.33. The molecule has 0 amide bonds. The van der Waals surface area contributed by atoms with Crippen molar-refractivity contribution >= 4 is 26.9 Å². The third-order valence-electron chi connectivity index (χ3n) is 3.39. The molecule has 0 saturated carbocycles. The Balaban J connectivity index is 2.50. The molecule has 2 aromatic rings. The van der Waals surface area contributed by atoms with E-state index in [2.05, 4.69) is 9.71 Å². The van der Waals surface area contributed by atoms with Crippen molar-refractivity contribution in [2.24, 2.45) is 0 Å². The van der Waals surface area contributed by atoms with Gasteiger partial charge in [-0.05, 0) is 37.1 Å². The Morgan fingerprint density at radius 2 is 2.09 bits per heavy atom. The molecular weight excluding hydrogens is 304 g/mol. The lowest BCUT2D eigenvalue weighted by Gasteiger charge is -2.15. The van der Waals surface area contributed by atoms with Crippen LogP contribution in [0.3, 0.4) is 0 Å². The molecule has 0 radical (unpaired) electrons. The summed E-state index contributed by atoms with van der Waals surface area (Å²) in [6.07, 6.45) is 2.39. The number of nitrogens with one attached hydrogen (secondary N) is 1. The SMILES string of the molecule is CCCC(NS(=O)(=O)c1ccc(C)c2ncccc12)C(=O)O. The van der Waals surface area contributed by atoms with Crippen molar-refractivity contribution in [3.05, 3.63) is 36.0 Å². The lowest BCUT2D eigenvalue weighted by Crippen LogP contribution is -2.40. The maximum Gasteiger partial charge on any atom is 0.321 e. The molecule has 0 spiro atoms. The fourth-order valence-electron chi connectivity index (χ4n) is 2.29. The van der Waals surface area contributed by atoms with E-state index in [4.69, 9.17) is 5.11 Å². The zero-order chi connectivity index (χ0) is 16.3. The molecule has 6 nitrogen and oxygen atoms in total. The van der Waals surface area contributed by atoms with Crippen molar-refractivity contribution in [3.8, 4) is 0 Å². The van der Waals surface area contributed by atoms with Gasteiger partial charge in [-0.3, -0.25) is 9.78 Å². The van der Waals surface area contributed by atoms with Gasteiger partial charge in [-0.1, -0.05) is 19.4 Å². The van der Waals surface area contributed by atoms with Gasteiger partial charge in [0, 0.05) is 11.6 Å². The molecule has 118 valence electrons. The fourth-order valence-corrected chi connectivity index (χ4v) is 3.72. The van der Waals surface area contributed by atoms with Gasteiger partial charge in [0.05, 0.1) is 10.4 Å². The van der Waals surface area contributed by atoms with Crippen LogP contribution in [0.15, 0.2) is 35.4 Å². The van der Waals surface area contributed by atoms with Crippen LogP contribution in [0.2, 0.25) is 0 Å². The first-order valence-electron chi connectivity index (χ1n) is 6.96. The average molecular weight is 322 g/mol. The second kappa shape index (κ2) is 6.41. The van der Waals surface area contributed by atoms with Crippen molar-refractivity contribution in [2.75, 3.05) is 0 Å². The summed E-state index contributed by atoms with van der Waals surface area (Å²) in [5.41, 5.74) is 1.45. The molecule has 0 aliphatic rings. The zero-order valence-corrected chi connectivity index (χ0v) is 13.2. The normalized spacial score (nSPS) is 13.2. The molecule has 1 atom stereocenters.